The minimum Gasteiger partial charge on any atom is -0.331 e. The molecular weight excluding hydrogens is 494 g/mol. The smallest absolute Gasteiger partial charge is 0.331 e. The monoisotopic (exact) mass is 523 g/mol. The van der Waals surface area contributed by atoms with Gasteiger partial charge in [0.05, 0.1) is 21.6 Å². The van der Waals surface area contributed by atoms with Crippen LogP contribution in [-0.4, -0.2) is 27.5 Å². The number of benzene rings is 2. The number of piperidine rings is 1. The van der Waals surface area contributed by atoms with Gasteiger partial charge in [-0.05, 0) is 86.0 Å². The van der Waals surface area contributed by atoms with E-state index in [2.05, 4.69) is 9.88 Å². The van der Waals surface area contributed by atoms with Gasteiger partial charge >= 0.3 is 6.18 Å². The molecule has 1 saturated carbocycles. The topological polar surface area (TPSA) is 21.1 Å². The zero-order valence-electron chi connectivity index (χ0n) is 20.1. The van der Waals surface area contributed by atoms with E-state index in [0.29, 0.717) is 44.3 Å². The average molecular weight is 524 g/mol. The van der Waals surface area contributed by atoms with E-state index < -0.39 is 11.7 Å². The van der Waals surface area contributed by atoms with Gasteiger partial charge in [-0.15, -0.1) is 0 Å². The van der Waals surface area contributed by atoms with Crippen LogP contribution in [0.25, 0.3) is 11.0 Å². The van der Waals surface area contributed by atoms with Crippen molar-refractivity contribution in [3.05, 3.63) is 62.4 Å². The molecule has 8 heteroatoms. The van der Waals surface area contributed by atoms with Gasteiger partial charge in [0.25, 0.3) is 0 Å². The largest absolute Gasteiger partial charge is 0.416 e. The molecule has 0 radical (unpaired) electrons. The number of aryl methyl sites for hydroxylation is 2. The summed E-state index contributed by atoms with van der Waals surface area (Å²) in [7, 11) is 1.74. The van der Waals surface area contributed by atoms with E-state index in [9.17, 15) is 13.2 Å². The molecule has 1 spiro atoms. The number of imidazole rings is 1. The average Bonchev–Trinajstić information content (AvgIpc) is 3.39. The molecule has 3 nitrogen and oxygen atoms in total. The van der Waals surface area contributed by atoms with Gasteiger partial charge in [-0.3, -0.25) is 4.90 Å². The highest BCUT2D eigenvalue weighted by Gasteiger charge is 2.37. The fraction of sp³-hybridized carbons (Fsp3) is 0.519. The maximum absolute atomic E-state index is 13.3. The van der Waals surface area contributed by atoms with Crippen LogP contribution in [0.4, 0.5) is 13.2 Å². The van der Waals surface area contributed by atoms with E-state index in [-0.39, 0.29) is 0 Å². The van der Waals surface area contributed by atoms with Gasteiger partial charge in [-0.2, -0.15) is 13.2 Å². The molecule has 1 aliphatic carbocycles. The number of likely N-dealkylation sites (tertiary alicyclic amines) is 1. The number of halogens is 5. The number of hydrogen-bond acceptors (Lipinski definition) is 2. The highest BCUT2D eigenvalue weighted by molar-refractivity contribution is 6.36. The molecule has 2 aliphatic rings. The van der Waals surface area contributed by atoms with Crippen molar-refractivity contribution < 1.29 is 13.2 Å². The summed E-state index contributed by atoms with van der Waals surface area (Å²) >= 11 is 13.4. The first-order valence-corrected chi connectivity index (χ1v) is 13.0. The van der Waals surface area contributed by atoms with Gasteiger partial charge in [-0.1, -0.05) is 42.1 Å². The third kappa shape index (κ3) is 4.82. The summed E-state index contributed by atoms with van der Waals surface area (Å²) in [5.74, 6) is 0.629. The molecule has 0 unspecified atom stereocenters. The first kappa shape index (κ1) is 24.9. The molecule has 2 heterocycles. The molecule has 1 aliphatic heterocycles. The van der Waals surface area contributed by atoms with Crippen molar-refractivity contribution in [1.29, 1.82) is 0 Å². The molecule has 35 heavy (non-hydrogen) atoms. The van der Waals surface area contributed by atoms with Crippen molar-refractivity contribution in [3.8, 4) is 0 Å². The Morgan fingerprint density at radius 3 is 2.37 bits per heavy atom. The van der Waals surface area contributed by atoms with Crippen LogP contribution in [-0.2, 0) is 26.2 Å². The molecule has 2 aromatic carbocycles. The third-order valence-corrected chi connectivity index (χ3v) is 9.00. The summed E-state index contributed by atoms with van der Waals surface area (Å²) in [6.45, 7) is 4.60. The van der Waals surface area contributed by atoms with Crippen molar-refractivity contribution in [2.24, 2.45) is 12.5 Å². The Hall–Kier alpha value is -1.76. The van der Waals surface area contributed by atoms with Crippen LogP contribution in [0.5, 0.6) is 0 Å². The summed E-state index contributed by atoms with van der Waals surface area (Å²) in [6, 6.07) is 6.17. The number of rotatable bonds is 4. The Morgan fingerprint density at radius 2 is 1.71 bits per heavy atom. The van der Waals surface area contributed by atoms with E-state index >= 15 is 0 Å². The molecule has 0 bridgehead atoms. The second-order valence-corrected chi connectivity index (χ2v) is 11.2. The lowest BCUT2D eigenvalue weighted by atomic mass is 9.77. The Bertz CT molecular complexity index is 1250. The quantitative estimate of drug-likeness (QED) is 0.345. The normalized spacial score (nSPS) is 18.7. The second-order valence-electron chi connectivity index (χ2n) is 10.4. The van der Waals surface area contributed by atoms with Crippen LogP contribution in [0.1, 0.15) is 66.6 Å². The fourth-order valence-corrected chi connectivity index (χ4v) is 6.53. The lowest BCUT2D eigenvalue weighted by molar-refractivity contribution is -0.137. The van der Waals surface area contributed by atoms with Crippen molar-refractivity contribution in [3.63, 3.8) is 0 Å². The maximum atomic E-state index is 13.3. The molecule has 2 fully saturated rings. The minimum atomic E-state index is -4.41. The lowest BCUT2D eigenvalue weighted by Crippen LogP contribution is -2.38. The molecule has 188 valence electrons. The van der Waals surface area contributed by atoms with Gasteiger partial charge in [-0.25, -0.2) is 4.98 Å². The van der Waals surface area contributed by atoms with Crippen molar-refractivity contribution in [2.75, 3.05) is 13.1 Å². The standard InChI is InChI=1S/C27H30Cl2F3N3/c1-17-13-19(27(30,31)32)14-22-25(17)33-23(34(22)2)15-20-21(28)6-5-18(24(20)29)16-35-11-9-26(10-12-35)7-3-4-8-26/h5-6,13-14H,3-4,7-12,15-16H2,1-2H3. The van der Waals surface area contributed by atoms with Crippen molar-refractivity contribution in [2.45, 2.75) is 64.6 Å². The molecule has 0 atom stereocenters. The lowest BCUT2D eigenvalue weighted by Gasteiger charge is -2.39. The predicted octanol–water partition coefficient (Wildman–Crippen LogP) is 7.95. The van der Waals surface area contributed by atoms with Crippen LogP contribution in [0.2, 0.25) is 10.0 Å². The van der Waals surface area contributed by atoms with E-state index in [1.165, 1.54) is 38.5 Å². The van der Waals surface area contributed by atoms with E-state index in [4.69, 9.17) is 23.2 Å². The Labute approximate surface area is 214 Å². The van der Waals surface area contributed by atoms with Gasteiger partial charge in [0, 0.05) is 25.0 Å². The Balaban J connectivity index is 1.39. The molecule has 0 amide bonds. The Morgan fingerprint density at radius 1 is 1.03 bits per heavy atom. The molecule has 3 aromatic rings. The van der Waals surface area contributed by atoms with Crippen LogP contribution < -0.4 is 0 Å². The fourth-order valence-electron chi connectivity index (χ4n) is 5.97. The van der Waals surface area contributed by atoms with Crippen LogP contribution >= 0.6 is 23.2 Å². The van der Waals surface area contributed by atoms with Crippen LogP contribution in [0.3, 0.4) is 0 Å². The number of alkyl halides is 3. The Kier molecular flexibility index (Phi) is 6.60. The minimum absolute atomic E-state index is 0.348. The number of fused-ring (bicyclic) bond motifs is 1. The molecule has 5 rings (SSSR count). The first-order chi connectivity index (χ1) is 16.6. The summed E-state index contributed by atoms with van der Waals surface area (Å²) < 4.78 is 41.7. The predicted molar refractivity (Wildman–Crippen MR) is 135 cm³/mol. The van der Waals surface area contributed by atoms with E-state index in [0.717, 1.165) is 42.9 Å². The summed E-state index contributed by atoms with van der Waals surface area (Å²) in [6.07, 6.45) is 3.92. The van der Waals surface area contributed by atoms with Crippen molar-refractivity contribution in [1.82, 2.24) is 14.5 Å². The highest BCUT2D eigenvalue weighted by atomic mass is 35.5. The first-order valence-electron chi connectivity index (χ1n) is 12.3. The van der Waals surface area contributed by atoms with E-state index in [1.807, 2.05) is 12.1 Å². The van der Waals surface area contributed by atoms with Gasteiger partial charge in [0.15, 0.2) is 0 Å². The summed E-state index contributed by atoms with van der Waals surface area (Å²) in [5, 5.41) is 1.17. The van der Waals surface area contributed by atoms with Gasteiger partial charge in [0.1, 0.15) is 5.82 Å². The summed E-state index contributed by atoms with van der Waals surface area (Å²) in [4.78, 5) is 7.14. The number of hydrogen-bond donors (Lipinski definition) is 0. The van der Waals surface area contributed by atoms with Crippen LogP contribution in [0.15, 0.2) is 24.3 Å². The zero-order chi connectivity index (χ0) is 25.0. The van der Waals surface area contributed by atoms with Crippen LogP contribution in [0, 0.1) is 12.3 Å². The second kappa shape index (κ2) is 9.28. The highest BCUT2D eigenvalue weighted by Crippen LogP contribution is 2.46. The van der Waals surface area contributed by atoms with E-state index in [1.54, 1.807) is 18.5 Å². The maximum Gasteiger partial charge on any atom is 0.416 e. The van der Waals surface area contributed by atoms with Gasteiger partial charge < -0.3 is 4.57 Å². The molecule has 1 saturated heterocycles. The van der Waals surface area contributed by atoms with Crippen molar-refractivity contribution >= 4 is 34.2 Å². The summed E-state index contributed by atoms with van der Waals surface area (Å²) in [5.41, 5.74) is 3.20. The number of aromatic nitrogens is 2. The molecular formula is C27H30Cl2F3N3. The third-order valence-electron chi connectivity index (χ3n) is 8.17. The molecule has 0 N–H and O–H groups in total. The number of nitrogens with zero attached hydrogens (tertiary/aromatic N) is 3. The van der Waals surface area contributed by atoms with Gasteiger partial charge in [0.2, 0.25) is 0 Å². The SMILES string of the molecule is Cc1cc(C(F)(F)F)cc2c1nc(Cc1c(Cl)ccc(CN3CCC4(CCCC4)CC3)c1Cl)n2C. The molecule has 1 aromatic heterocycles. The zero-order valence-corrected chi connectivity index (χ0v) is 21.6.